The molecule has 0 bridgehead atoms. The zero-order valence-corrected chi connectivity index (χ0v) is 12.8. The van der Waals surface area contributed by atoms with E-state index in [-0.39, 0.29) is 43.5 Å². The molecule has 0 unspecified atom stereocenters. The van der Waals surface area contributed by atoms with E-state index in [4.69, 9.17) is 4.74 Å². The average molecular weight is 339 g/mol. The van der Waals surface area contributed by atoms with Gasteiger partial charge in [-0.05, 0) is 30.2 Å². The summed E-state index contributed by atoms with van der Waals surface area (Å²) in [6.07, 6.45) is 3.63. The van der Waals surface area contributed by atoms with Crippen LogP contribution in [0.15, 0.2) is 30.8 Å². The molecule has 3 heteroatoms. The maximum atomic E-state index is 5.01. The molecule has 0 saturated heterocycles. The molecular formula is C10H11IOZn-. The van der Waals surface area contributed by atoms with Crippen LogP contribution in [0.1, 0.15) is 5.56 Å². The second-order valence-corrected chi connectivity index (χ2v) is 2.27. The average Bonchev–Trinajstić information content (AvgIpc) is 2.07. The topological polar surface area (TPSA) is 9.23 Å². The molecule has 1 rings (SSSR count). The Morgan fingerprint density at radius 2 is 1.85 bits per heavy atom. The van der Waals surface area contributed by atoms with Gasteiger partial charge in [0.25, 0.3) is 0 Å². The summed E-state index contributed by atoms with van der Waals surface area (Å²) < 4.78 is 5.01. The molecule has 0 aromatic heterocycles. The van der Waals surface area contributed by atoms with Crippen molar-refractivity contribution in [3.05, 3.63) is 42.5 Å². The Bertz CT molecular complexity index is 233. The number of hydrogen-bond donors (Lipinski definition) is 0. The summed E-state index contributed by atoms with van der Waals surface area (Å²) in [6.45, 7) is 3.54. The standard InChI is InChI=1S/C10H11O.HI.Zn/c1-3-4-9-5-7-10(11-2)8-6-9;;/h5-8H,1,4H2,2H3;1H;/p-1. The van der Waals surface area contributed by atoms with Gasteiger partial charge in [0.1, 0.15) is 5.75 Å². The molecule has 0 saturated carbocycles. The molecule has 1 aromatic rings. The van der Waals surface area contributed by atoms with Crippen LogP contribution in [-0.2, 0) is 25.9 Å². The van der Waals surface area contributed by atoms with Gasteiger partial charge in [-0.15, -0.1) is 0 Å². The van der Waals surface area contributed by atoms with Gasteiger partial charge in [0.05, 0.1) is 7.11 Å². The van der Waals surface area contributed by atoms with Crippen molar-refractivity contribution in [2.75, 3.05) is 7.11 Å². The van der Waals surface area contributed by atoms with Gasteiger partial charge >= 0.3 is 0 Å². The number of methoxy groups -OCH3 is 1. The van der Waals surface area contributed by atoms with Crippen molar-refractivity contribution in [1.29, 1.82) is 0 Å². The summed E-state index contributed by atoms with van der Waals surface area (Å²) in [7, 11) is 1.66. The quantitative estimate of drug-likeness (QED) is 0.519. The Kier molecular flexibility index (Phi) is 10.4. The van der Waals surface area contributed by atoms with E-state index < -0.39 is 0 Å². The molecule has 1 radical (unpaired) electrons. The summed E-state index contributed by atoms with van der Waals surface area (Å²) in [5.74, 6) is 0.887. The van der Waals surface area contributed by atoms with E-state index >= 15 is 0 Å². The molecule has 0 N–H and O–H groups in total. The van der Waals surface area contributed by atoms with Crippen molar-refractivity contribution in [3.63, 3.8) is 0 Å². The molecule has 13 heavy (non-hydrogen) atoms. The van der Waals surface area contributed by atoms with Gasteiger partial charge in [-0.1, -0.05) is 18.7 Å². The van der Waals surface area contributed by atoms with E-state index in [9.17, 15) is 0 Å². The van der Waals surface area contributed by atoms with Crippen LogP contribution in [0, 0.1) is 6.08 Å². The fraction of sp³-hybridized carbons (Fsp3) is 0.200. The molecule has 0 aliphatic heterocycles. The summed E-state index contributed by atoms with van der Waals surface area (Å²) >= 11 is 0. The van der Waals surface area contributed by atoms with Gasteiger partial charge in [0.15, 0.2) is 0 Å². The number of hydrogen-bond acceptors (Lipinski definition) is 1. The first-order valence-electron chi connectivity index (χ1n) is 3.49. The van der Waals surface area contributed by atoms with Crippen molar-refractivity contribution >= 4 is 0 Å². The van der Waals surface area contributed by atoms with Crippen molar-refractivity contribution < 1.29 is 48.2 Å². The van der Waals surface area contributed by atoms with Gasteiger partial charge in [-0.25, -0.2) is 0 Å². The largest absolute Gasteiger partial charge is 1.00 e. The van der Waals surface area contributed by atoms with Gasteiger partial charge < -0.3 is 28.7 Å². The van der Waals surface area contributed by atoms with Crippen LogP contribution in [0.25, 0.3) is 0 Å². The Hall–Kier alpha value is 0.113. The van der Waals surface area contributed by atoms with Gasteiger partial charge in [0.2, 0.25) is 0 Å². The van der Waals surface area contributed by atoms with Crippen LogP contribution < -0.4 is 28.7 Å². The smallest absolute Gasteiger partial charge is 0.118 e. The molecule has 0 atom stereocenters. The SMILES string of the molecule is C=[C]Cc1ccc(OC)cc1.[I-].[Zn]. The first kappa shape index (κ1) is 15.6. The molecular weight excluding hydrogens is 328 g/mol. The van der Waals surface area contributed by atoms with E-state index in [1.165, 1.54) is 5.56 Å². The number of halogens is 1. The summed E-state index contributed by atoms with van der Waals surface area (Å²) in [6, 6.07) is 7.90. The van der Waals surface area contributed by atoms with E-state index in [2.05, 4.69) is 12.7 Å². The van der Waals surface area contributed by atoms with Crippen molar-refractivity contribution in [1.82, 2.24) is 0 Å². The number of rotatable bonds is 3. The Balaban J connectivity index is 0. The minimum absolute atomic E-state index is 0. The van der Waals surface area contributed by atoms with Crippen LogP contribution >= 0.6 is 0 Å². The molecule has 0 spiro atoms. The molecule has 0 heterocycles. The van der Waals surface area contributed by atoms with Crippen LogP contribution in [0.5, 0.6) is 5.75 Å². The molecule has 0 amide bonds. The molecule has 67 valence electrons. The number of benzene rings is 1. The minimum Gasteiger partial charge on any atom is -1.00 e. The number of ether oxygens (including phenoxy) is 1. The zero-order chi connectivity index (χ0) is 8.10. The third kappa shape index (κ3) is 5.42. The van der Waals surface area contributed by atoms with Crippen LogP contribution in [0.4, 0.5) is 0 Å². The molecule has 1 aromatic carbocycles. The van der Waals surface area contributed by atoms with Crippen molar-refractivity contribution in [2.24, 2.45) is 0 Å². The predicted molar refractivity (Wildman–Crippen MR) is 45.6 cm³/mol. The van der Waals surface area contributed by atoms with E-state index in [0.717, 1.165) is 12.2 Å². The third-order valence-electron chi connectivity index (χ3n) is 1.49. The van der Waals surface area contributed by atoms with Gasteiger partial charge in [0, 0.05) is 19.5 Å². The summed E-state index contributed by atoms with van der Waals surface area (Å²) in [4.78, 5) is 0. The Morgan fingerprint density at radius 1 is 1.31 bits per heavy atom. The van der Waals surface area contributed by atoms with Crippen LogP contribution in [0.2, 0.25) is 0 Å². The second kappa shape index (κ2) is 8.70. The minimum atomic E-state index is 0. The maximum Gasteiger partial charge on any atom is 0.118 e. The number of allylic oxidation sites excluding steroid dienone is 1. The molecule has 0 aliphatic rings. The fourth-order valence-corrected chi connectivity index (χ4v) is 0.888. The monoisotopic (exact) mass is 338 g/mol. The van der Waals surface area contributed by atoms with Gasteiger partial charge in [-0.3, -0.25) is 0 Å². The second-order valence-electron chi connectivity index (χ2n) is 2.27. The summed E-state index contributed by atoms with van der Waals surface area (Å²) in [5, 5.41) is 0. The Morgan fingerprint density at radius 3 is 2.23 bits per heavy atom. The first-order chi connectivity index (χ1) is 5.36. The predicted octanol–water partition coefficient (Wildman–Crippen LogP) is -0.772. The first-order valence-corrected chi connectivity index (χ1v) is 3.49. The Labute approximate surface area is 109 Å². The molecule has 0 aliphatic carbocycles. The fourth-order valence-electron chi connectivity index (χ4n) is 0.888. The van der Waals surface area contributed by atoms with E-state index in [1.807, 2.05) is 24.3 Å². The van der Waals surface area contributed by atoms with E-state index in [1.54, 1.807) is 7.11 Å². The van der Waals surface area contributed by atoms with Gasteiger partial charge in [-0.2, -0.15) is 0 Å². The zero-order valence-electron chi connectivity index (χ0n) is 7.72. The summed E-state index contributed by atoms with van der Waals surface area (Å²) in [5.41, 5.74) is 1.21. The van der Waals surface area contributed by atoms with E-state index in [0.29, 0.717) is 0 Å². The molecule has 0 fully saturated rings. The molecule has 1 nitrogen and oxygen atoms in total. The van der Waals surface area contributed by atoms with Crippen LogP contribution in [-0.4, -0.2) is 7.11 Å². The third-order valence-corrected chi connectivity index (χ3v) is 1.49. The van der Waals surface area contributed by atoms with Crippen molar-refractivity contribution in [3.8, 4) is 5.75 Å². The normalized spacial score (nSPS) is 7.77. The van der Waals surface area contributed by atoms with Crippen LogP contribution in [0.3, 0.4) is 0 Å². The van der Waals surface area contributed by atoms with Crippen molar-refractivity contribution in [2.45, 2.75) is 6.42 Å². The maximum absolute atomic E-state index is 5.01.